The highest BCUT2D eigenvalue weighted by atomic mass is 32.2. The first-order valence-corrected chi connectivity index (χ1v) is 7.37. The number of thioether (sulfide) groups is 1. The molecule has 2 aromatic rings. The number of fused-ring (bicyclic) bond motifs is 1. The molecule has 0 heterocycles. The maximum Gasteiger partial charge on any atom is 0.179 e. The van der Waals surface area contributed by atoms with E-state index in [2.05, 4.69) is 25.1 Å². The summed E-state index contributed by atoms with van der Waals surface area (Å²) in [7, 11) is 0. The quantitative estimate of drug-likeness (QED) is 0.804. The molecule has 0 unspecified atom stereocenters. The monoisotopic (exact) mass is 268 g/mol. The largest absolute Gasteiger partial charge is 0.293 e. The Hall–Kier alpha value is -1.54. The van der Waals surface area contributed by atoms with Crippen LogP contribution in [0, 0.1) is 0 Å². The van der Waals surface area contributed by atoms with Gasteiger partial charge in [0.05, 0.1) is 4.75 Å². The Labute approximate surface area is 118 Å². The number of hydrogen-bond acceptors (Lipinski definition) is 2. The van der Waals surface area contributed by atoms with Gasteiger partial charge in [-0.1, -0.05) is 42.5 Å². The molecule has 1 aliphatic rings. The van der Waals surface area contributed by atoms with Crippen molar-refractivity contribution in [1.29, 1.82) is 0 Å². The zero-order chi connectivity index (χ0) is 13.3. The smallest absolute Gasteiger partial charge is 0.179 e. The lowest BCUT2D eigenvalue weighted by Crippen LogP contribution is -2.36. The second-order valence-corrected chi connectivity index (χ2v) is 6.71. The number of carbonyl (C=O) groups is 1. The van der Waals surface area contributed by atoms with Crippen molar-refractivity contribution < 1.29 is 4.79 Å². The Balaban J connectivity index is 1.92. The van der Waals surface area contributed by atoms with E-state index in [1.165, 1.54) is 5.56 Å². The predicted octanol–water partition coefficient (Wildman–Crippen LogP) is 4.37. The number of hydrogen-bond donors (Lipinski definition) is 0. The van der Waals surface area contributed by atoms with Crippen LogP contribution in [0.4, 0.5) is 0 Å². The average Bonchev–Trinajstić information content (AvgIpc) is 2.45. The minimum absolute atomic E-state index is 0.267. The maximum atomic E-state index is 12.7. The molecule has 0 spiro atoms. The van der Waals surface area contributed by atoms with Gasteiger partial charge < -0.3 is 0 Å². The van der Waals surface area contributed by atoms with Gasteiger partial charge in [0, 0.05) is 10.5 Å². The molecule has 2 heteroatoms. The number of Topliss-reactive ketones (excluding diaryl/α,β-unsaturated/α-hetero) is 1. The summed E-state index contributed by atoms with van der Waals surface area (Å²) < 4.78 is -0.338. The third-order valence-electron chi connectivity index (χ3n) is 3.70. The number of ketones is 1. The predicted molar refractivity (Wildman–Crippen MR) is 79.8 cm³/mol. The molecule has 3 rings (SSSR count). The van der Waals surface area contributed by atoms with Crippen LogP contribution >= 0.6 is 11.8 Å². The van der Waals surface area contributed by atoms with E-state index in [1.807, 2.05) is 36.4 Å². The first-order chi connectivity index (χ1) is 9.19. The number of aryl methyl sites for hydroxylation is 1. The lowest BCUT2D eigenvalue weighted by Gasteiger charge is -2.32. The van der Waals surface area contributed by atoms with Gasteiger partial charge in [0.2, 0.25) is 0 Å². The molecule has 0 aliphatic heterocycles. The molecule has 0 saturated heterocycles. The van der Waals surface area contributed by atoms with E-state index in [0.29, 0.717) is 0 Å². The van der Waals surface area contributed by atoms with E-state index in [0.717, 1.165) is 23.3 Å². The molecular weight excluding hydrogens is 252 g/mol. The minimum atomic E-state index is -0.338. The van der Waals surface area contributed by atoms with Gasteiger partial charge in [-0.05, 0) is 37.5 Å². The van der Waals surface area contributed by atoms with Crippen molar-refractivity contribution in [3.8, 4) is 0 Å². The van der Waals surface area contributed by atoms with E-state index in [1.54, 1.807) is 11.8 Å². The fourth-order valence-electron chi connectivity index (χ4n) is 2.58. The molecule has 1 atom stereocenters. The minimum Gasteiger partial charge on any atom is -0.293 e. The summed E-state index contributed by atoms with van der Waals surface area (Å²) in [6, 6.07) is 18.2. The molecule has 2 aromatic carbocycles. The molecule has 0 saturated carbocycles. The molecule has 0 N–H and O–H groups in total. The Kier molecular flexibility index (Phi) is 3.19. The average molecular weight is 268 g/mol. The Bertz CT molecular complexity index is 606. The van der Waals surface area contributed by atoms with Crippen molar-refractivity contribution >= 4 is 17.5 Å². The summed E-state index contributed by atoms with van der Waals surface area (Å²) in [4.78, 5) is 13.9. The Morgan fingerprint density at radius 2 is 1.68 bits per heavy atom. The molecule has 1 nitrogen and oxygen atoms in total. The van der Waals surface area contributed by atoms with Crippen molar-refractivity contribution in [2.75, 3.05) is 0 Å². The molecule has 0 bridgehead atoms. The molecule has 1 aliphatic carbocycles. The van der Waals surface area contributed by atoms with E-state index in [-0.39, 0.29) is 10.5 Å². The van der Waals surface area contributed by atoms with E-state index in [9.17, 15) is 4.79 Å². The van der Waals surface area contributed by atoms with Crippen LogP contribution in [0.15, 0.2) is 59.5 Å². The van der Waals surface area contributed by atoms with Crippen molar-refractivity contribution in [3.05, 3.63) is 65.7 Å². The van der Waals surface area contributed by atoms with E-state index in [4.69, 9.17) is 0 Å². The summed E-state index contributed by atoms with van der Waals surface area (Å²) in [5.74, 6) is 0.267. The fourth-order valence-corrected chi connectivity index (χ4v) is 3.80. The van der Waals surface area contributed by atoms with Crippen LogP contribution in [0.5, 0.6) is 0 Å². The second kappa shape index (κ2) is 4.86. The molecule has 0 amide bonds. The Morgan fingerprint density at radius 1 is 1.00 bits per heavy atom. The highest BCUT2D eigenvalue weighted by Crippen LogP contribution is 2.42. The second-order valence-electron chi connectivity index (χ2n) is 5.13. The molecule has 96 valence electrons. The fraction of sp³-hybridized carbons (Fsp3) is 0.235. The van der Waals surface area contributed by atoms with Gasteiger partial charge in [-0.2, -0.15) is 0 Å². The first-order valence-electron chi connectivity index (χ1n) is 6.56. The molecule has 0 fully saturated rings. The standard InChI is InChI=1S/C17H16OS/c1-17(19-14-8-3-2-4-9-14)12-11-13-7-5-6-10-15(13)16(17)18/h2-10H,11-12H2,1H3/t17-/m1/s1. The van der Waals surface area contributed by atoms with E-state index >= 15 is 0 Å². The van der Waals surface area contributed by atoms with Crippen LogP contribution in [-0.4, -0.2) is 10.5 Å². The van der Waals surface area contributed by atoms with Crippen LogP contribution in [0.3, 0.4) is 0 Å². The van der Waals surface area contributed by atoms with Gasteiger partial charge in [0.1, 0.15) is 0 Å². The van der Waals surface area contributed by atoms with Crippen molar-refractivity contribution in [2.24, 2.45) is 0 Å². The highest BCUT2D eigenvalue weighted by molar-refractivity contribution is 8.01. The van der Waals surface area contributed by atoms with Crippen LogP contribution in [0.25, 0.3) is 0 Å². The summed E-state index contributed by atoms with van der Waals surface area (Å²) in [5.41, 5.74) is 2.10. The van der Waals surface area contributed by atoms with Gasteiger partial charge in [0.25, 0.3) is 0 Å². The lowest BCUT2D eigenvalue weighted by atomic mass is 9.83. The topological polar surface area (TPSA) is 17.1 Å². The SMILES string of the molecule is C[C@@]1(Sc2ccccc2)CCc2ccccc2C1=O. The maximum absolute atomic E-state index is 12.7. The van der Waals surface area contributed by atoms with Crippen LogP contribution in [0.2, 0.25) is 0 Å². The van der Waals surface area contributed by atoms with Gasteiger partial charge in [-0.3, -0.25) is 4.79 Å². The molecule has 19 heavy (non-hydrogen) atoms. The van der Waals surface area contributed by atoms with Crippen molar-refractivity contribution in [1.82, 2.24) is 0 Å². The van der Waals surface area contributed by atoms with Gasteiger partial charge in [0.15, 0.2) is 5.78 Å². The van der Waals surface area contributed by atoms with E-state index < -0.39 is 0 Å². The number of benzene rings is 2. The Morgan fingerprint density at radius 3 is 2.47 bits per heavy atom. The normalized spacial score (nSPS) is 22.1. The first kappa shape index (κ1) is 12.5. The zero-order valence-electron chi connectivity index (χ0n) is 10.9. The number of carbonyl (C=O) groups excluding carboxylic acids is 1. The summed E-state index contributed by atoms with van der Waals surface area (Å²) in [6.45, 7) is 2.07. The van der Waals surface area contributed by atoms with Gasteiger partial charge in [-0.15, -0.1) is 11.8 Å². The summed E-state index contributed by atoms with van der Waals surface area (Å²) >= 11 is 1.69. The number of rotatable bonds is 2. The molecular formula is C17H16OS. The molecule has 0 aromatic heterocycles. The van der Waals surface area contributed by atoms with Gasteiger partial charge in [-0.25, -0.2) is 0 Å². The third kappa shape index (κ3) is 2.33. The third-order valence-corrected chi connectivity index (χ3v) is 5.05. The highest BCUT2D eigenvalue weighted by Gasteiger charge is 2.39. The van der Waals surface area contributed by atoms with Crippen molar-refractivity contribution in [2.45, 2.75) is 29.4 Å². The molecule has 0 radical (unpaired) electrons. The van der Waals surface area contributed by atoms with Gasteiger partial charge >= 0.3 is 0 Å². The van der Waals surface area contributed by atoms with Crippen LogP contribution in [-0.2, 0) is 6.42 Å². The van der Waals surface area contributed by atoms with Crippen LogP contribution < -0.4 is 0 Å². The summed E-state index contributed by atoms with van der Waals surface area (Å²) in [5, 5.41) is 0. The lowest BCUT2D eigenvalue weighted by molar-refractivity contribution is 0.0936. The summed E-state index contributed by atoms with van der Waals surface area (Å²) in [6.07, 6.45) is 1.89. The van der Waals surface area contributed by atoms with Crippen molar-refractivity contribution in [3.63, 3.8) is 0 Å². The zero-order valence-corrected chi connectivity index (χ0v) is 11.7. The van der Waals surface area contributed by atoms with Crippen LogP contribution in [0.1, 0.15) is 29.3 Å².